The number of non-ortho nitro benzene ring substituents is 1. The van der Waals surface area contributed by atoms with Gasteiger partial charge in [-0.1, -0.05) is 12.1 Å². The van der Waals surface area contributed by atoms with Crippen molar-refractivity contribution in [3.63, 3.8) is 0 Å². The summed E-state index contributed by atoms with van der Waals surface area (Å²) in [6.07, 6.45) is 0. The van der Waals surface area contributed by atoms with Crippen LogP contribution in [0.2, 0.25) is 0 Å². The van der Waals surface area contributed by atoms with E-state index in [1.54, 1.807) is 12.1 Å². The van der Waals surface area contributed by atoms with Crippen LogP contribution in [-0.2, 0) is 0 Å². The molecule has 0 aliphatic heterocycles. The number of hydrogen-bond donors (Lipinski definition) is 2. The summed E-state index contributed by atoms with van der Waals surface area (Å²) >= 11 is 3.40. The van der Waals surface area contributed by atoms with Gasteiger partial charge in [-0.25, -0.2) is 4.79 Å². The Morgan fingerprint density at radius 1 is 1.29 bits per heavy atom. The van der Waals surface area contributed by atoms with Crippen LogP contribution in [0.15, 0.2) is 40.9 Å². The SMILES string of the molecule is Cc1cccc(Nc2cc([N+](=O)[O-])ccc2C(=O)O)c1Br. The first-order valence-electron chi connectivity index (χ1n) is 5.94. The molecule has 0 aromatic heterocycles. The Hall–Kier alpha value is -2.41. The van der Waals surface area contributed by atoms with Crippen molar-refractivity contribution in [2.24, 2.45) is 0 Å². The van der Waals surface area contributed by atoms with Crippen molar-refractivity contribution in [2.45, 2.75) is 6.92 Å². The lowest BCUT2D eigenvalue weighted by molar-refractivity contribution is -0.384. The number of nitro benzene ring substituents is 1. The van der Waals surface area contributed by atoms with Gasteiger partial charge in [0.25, 0.3) is 5.69 Å². The molecular formula is C14H11BrN2O4. The number of nitrogens with one attached hydrogen (secondary N) is 1. The fraction of sp³-hybridized carbons (Fsp3) is 0.0714. The van der Waals surface area contributed by atoms with Gasteiger partial charge in [0, 0.05) is 16.6 Å². The molecule has 7 heteroatoms. The Kier molecular flexibility index (Phi) is 4.23. The van der Waals surface area contributed by atoms with E-state index in [4.69, 9.17) is 0 Å². The van der Waals surface area contributed by atoms with E-state index in [9.17, 15) is 20.0 Å². The van der Waals surface area contributed by atoms with Gasteiger partial charge in [-0.3, -0.25) is 10.1 Å². The molecule has 2 aromatic rings. The highest BCUT2D eigenvalue weighted by atomic mass is 79.9. The van der Waals surface area contributed by atoms with Crippen molar-refractivity contribution in [2.75, 3.05) is 5.32 Å². The molecule has 0 saturated heterocycles. The van der Waals surface area contributed by atoms with E-state index in [0.717, 1.165) is 10.0 Å². The number of carboxylic acid groups (broad SMARTS) is 1. The predicted octanol–water partition coefficient (Wildman–Crippen LogP) is 4.11. The molecule has 2 N–H and O–H groups in total. The number of anilines is 2. The Morgan fingerprint density at radius 2 is 2.00 bits per heavy atom. The molecule has 0 atom stereocenters. The number of nitro groups is 1. The Labute approximate surface area is 128 Å². The zero-order valence-electron chi connectivity index (χ0n) is 11.0. The molecule has 108 valence electrons. The van der Waals surface area contributed by atoms with Gasteiger partial charge in [0.2, 0.25) is 0 Å². The number of rotatable bonds is 4. The first-order valence-corrected chi connectivity index (χ1v) is 6.73. The third-order valence-corrected chi connectivity index (χ3v) is 3.96. The summed E-state index contributed by atoms with van der Waals surface area (Å²) < 4.78 is 0.771. The molecule has 0 aliphatic carbocycles. The van der Waals surface area contributed by atoms with E-state index >= 15 is 0 Å². The lowest BCUT2D eigenvalue weighted by Gasteiger charge is -2.12. The van der Waals surface area contributed by atoms with E-state index in [1.807, 2.05) is 13.0 Å². The van der Waals surface area contributed by atoms with Gasteiger partial charge in [0.05, 0.1) is 21.9 Å². The smallest absolute Gasteiger partial charge is 0.337 e. The molecule has 21 heavy (non-hydrogen) atoms. The number of nitrogens with zero attached hydrogens (tertiary/aromatic N) is 1. The molecule has 0 bridgehead atoms. The zero-order valence-corrected chi connectivity index (χ0v) is 12.5. The lowest BCUT2D eigenvalue weighted by atomic mass is 10.1. The van der Waals surface area contributed by atoms with Crippen LogP contribution in [0, 0.1) is 17.0 Å². The van der Waals surface area contributed by atoms with Crippen LogP contribution in [0.1, 0.15) is 15.9 Å². The van der Waals surface area contributed by atoms with Gasteiger partial charge >= 0.3 is 5.97 Å². The molecule has 0 fully saturated rings. The zero-order chi connectivity index (χ0) is 15.6. The minimum atomic E-state index is -1.16. The van der Waals surface area contributed by atoms with Crippen LogP contribution in [0.3, 0.4) is 0 Å². The van der Waals surface area contributed by atoms with Crippen molar-refractivity contribution in [1.29, 1.82) is 0 Å². The number of aromatic carboxylic acids is 1. The second kappa shape index (κ2) is 5.92. The Bertz CT molecular complexity index is 731. The average Bonchev–Trinajstić information content (AvgIpc) is 2.43. The van der Waals surface area contributed by atoms with Crippen LogP contribution < -0.4 is 5.32 Å². The van der Waals surface area contributed by atoms with Crippen molar-refractivity contribution < 1.29 is 14.8 Å². The molecule has 2 aromatic carbocycles. The molecule has 0 saturated carbocycles. The van der Waals surface area contributed by atoms with Crippen molar-refractivity contribution in [3.8, 4) is 0 Å². The maximum absolute atomic E-state index is 11.2. The van der Waals surface area contributed by atoms with Crippen LogP contribution >= 0.6 is 15.9 Å². The van der Waals surface area contributed by atoms with Gasteiger partial charge in [-0.15, -0.1) is 0 Å². The van der Waals surface area contributed by atoms with Crippen molar-refractivity contribution >= 4 is 39.0 Å². The minimum absolute atomic E-state index is 0.0333. The number of hydrogen-bond acceptors (Lipinski definition) is 4. The van der Waals surface area contributed by atoms with E-state index in [0.29, 0.717) is 5.69 Å². The molecule has 0 spiro atoms. The number of carbonyl (C=O) groups is 1. The predicted molar refractivity (Wildman–Crippen MR) is 82.2 cm³/mol. The monoisotopic (exact) mass is 350 g/mol. The molecular weight excluding hydrogens is 340 g/mol. The van der Waals surface area contributed by atoms with E-state index < -0.39 is 10.9 Å². The number of halogens is 1. The minimum Gasteiger partial charge on any atom is -0.478 e. The van der Waals surface area contributed by atoms with E-state index in [2.05, 4.69) is 21.2 Å². The van der Waals surface area contributed by atoms with Crippen molar-refractivity contribution in [3.05, 3.63) is 62.1 Å². The first-order chi connectivity index (χ1) is 9.90. The molecule has 0 aliphatic rings. The summed E-state index contributed by atoms with van der Waals surface area (Å²) in [7, 11) is 0. The second-order valence-corrected chi connectivity index (χ2v) is 5.15. The highest BCUT2D eigenvalue weighted by Gasteiger charge is 2.16. The maximum Gasteiger partial charge on any atom is 0.337 e. The molecule has 0 heterocycles. The number of aryl methyl sites for hydroxylation is 1. The lowest BCUT2D eigenvalue weighted by Crippen LogP contribution is -2.04. The summed E-state index contributed by atoms with van der Waals surface area (Å²) in [5.74, 6) is -1.16. The summed E-state index contributed by atoms with van der Waals surface area (Å²) in [5, 5.41) is 22.9. The maximum atomic E-state index is 11.2. The molecule has 0 amide bonds. The quantitative estimate of drug-likeness (QED) is 0.639. The number of carboxylic acids is 1. The fourth-order valence-corrected chi connectivity index (χ4v) is 2.19. The normalized spacial score (nSPS) is 10.2. The van der Waals surface area contributed by atoms with Crippen LogP contribution in [0.25, 0.3) is 0 Å². The Balaban J connectivity index is 2.51. The number of benzene rings is 2. The largest absolute Gasteiger partial charge is 0.478 e. The third-order valence-electron chi connectivity index (χ3n) is 2.91. The second-order valence-electron chi connectivity index (χ2n) is 4.35. The van der Waals surface area contributed by atoms with Gasteiger partial charge in [0.1, 0.15) is 0 Å². The van der Waals surface area contributed by atoms with Gasteiger partial charge < -0.3 is 10.4 Å². The fourth-order valence-electron chi connectivity index (χ4n) is 1.82. The average molecular weight is 351 g/mol. The van der Waals surface area contributed by atoms with Gasteiger partial charge in [-0.05, 0) is 40.5 Å². The van der Waals surface area contributed by atoms with Crippen LogP contribution in [0.5, 0.6) is 0 Å². The molecule has 6 nitrogen and oxygen atoms in total. The van der Waals surface area contributed by atoms with Crippen LogP contribution in [0.4, 0.5) is 17.1 Å². The summed E-state index contributed by atoms with van der Waals surface area (Å²) in [6.45, 7) is 1.89. The first kappa shape index (κ1) is 15.0. The Morgan fingerprint density at radius 3 is 2.62 bits per heavy atom. The van der Waals surface area contributed by atoms with Crippen LogP contribution in [-0.4, -0.2) is 16.0 Å². The van der Waals surface area contributed by atoms with Gasteiger partial charge in [0.15, 0.2) is 0 Å². The highest BCUT2D eigenvalue weighted by Crippen LogP contribution is 2.31. The summed E-state index contributed by atoms with van der Waals surface area (Å²) in [6, 6.07) is 9.03. The highest BCUT2D eigenvalue weighted by molar-refractivity contribution is 9.10. The van der Waals surface area contributed by atoms with Gasteiger partial charge in [-0.2, -0.15) is 0 Å². The molecule has 0 radical (unpaired) electrons. The standard InChI is InChI=1S/C14H11BrN2O4/c1-8-3-2-4-11(13(8)15)16-12-7-9(17(20)21)5-6-10(12)14(18)19/h2-7,16H,1H3,(H,18,19). The molecule has 0 unspecified atom stereocenters. The molecule has 2 rings (SSSR count). The summed E-state index contributed by atoms with van der Waals surface area (Å²) in [5.41, 5.74) is 1.56. The third kappa shape index (κ3) is 3.19. The topological polar surface area (TPSA) is 92.5 Å². The van der Waals surface area contributed by atoms with Crippen molar-refractivity contribution in [1.82, 2.24) is 0 Å². The van der Waals surface area contributed by atoms with E-state index in [1.165, 1.54) is 18.2 Å². The van der Waals surface area contributed by atoms with E-state index in [-0.39, 0.29) is 16.9 Å². The summed E-state index contributed by atoms with van der Waals surface area (Å²) in [4.78, 5) is 21.5.